The minimum Gasteiger partial charge on any atom is -0.493 e. The third-order valence-corrected chi connectivity index (χ3v) is 6.04. The number of carbonyl (C=O) groups is 3. The minimum atomic E-state index is -0.391. The normalized spacial score (nSPS) is 18.1. The molecule has 170 valence electrons. The van der Waals surface area contributed by atoms with Crippen LogP contribution in [-0.2, 0) is 14.4 Å². The third-order valence-electron chi connectivity index (χ3n) is 6.04. The molecule has 0 atom stereocenters. The lowest BCUT2D eigenvalue weighted by atomic mass is 9.93. The van der Waals surface area contributed by atoms with Gasteiger partial charge in [-0.25, -0.2) is 0 Å². The Morgan fingerprint density at radius 3 is 2.03 bits per heavy atom. The van der Waals surface area contributed by atoms with Crippen molar-refractivity contribution in [1.29, 1.82) is 0 Å². The first kappa shape index (κ1) is 23.1. The number of para-hydroxylation sites is 1. The molecule has 2 aliphatic rings. The first-order chi connectivity index (χ1) is 14.8. The van der Waals surface area contributed by atoms with Gasteiger partial charge in [0.1, 0.15) is 5.75 Å². The van der Waals surface area contributed by atoms with Crippen molar-refractivity contribution < 1.29 is 19.1 Å². The van der Waals surface area contributed by atoms with E-state index in [2.05, 4.69) is 0 Å². The molecule has 31 heavy (non-hydrogen) atoms. The molecule has 0 N–H and O–H groups in total. The van der Waals surface area contributed by atoms with Gasteiger partial charge < -0.3 is 19.4 Å². The highest BCUT2D eigenvalue weighted by atomic mass is 16.5. The van der Waals surface area contributed by atoms with Gasteiger partial charge in [0.15, 0.2) is 0 Å². The maximum absolute atomic E-state index is 12.9. The van der Waals surface area contributed by atoms with E-state index in [1.54, 1.807) is 0 Å². The molecule has 0 spiro atoms. The lowest BCUT2D eigenvalue weighted by molar-refractivity contribution is -0.147. The molecular formula is C24H35N3O4. The molecule has 0 bridgehead atoms. The predicted octanol–water partition coefficient (Wildman–Crippen LogP) is 2.41. The largest absolute Gasteiger partial charge is 0.493 e. The Labute approximate surface area is 185 Å². The zero-order valence-electron chi connectivity index (χ0n) is 19.0. The number of ether oxygens (including phenoxy) is 1. The van der Waals surface area contributed by atoms with Crippen molar-refractivity contribution in [2.24, 2.45) is 11.3 Å². The van der Waals surface area contributed by atoms with Crippen molar-refractivity contribution in [3.8, 4) is 5.75 Å². The van der Waals surface area contributed by atoms with Crippen LogP contribution in [0.15, 0.2) is 30.3 Å². The van der Waals surface area contributed by atoms with Gasteiger partial charge in [-0.1, -0.05) is 39.0 Å². The van der Waals surface area contributed by atoms with Crippen LogP contribution in [0.4, 0.5) is 0 Å². The maximum Gasteiger partial charge on any atom is 0.228 e. The smallest absolute Gasteiger partial charge is 0.228 e. The number of piperazine rings is 1. The highest BCUT2D eigenvalue weighted by Crippen LogP contribution is 2.23. The summed E-state index contributed by atoms with van der Waals surface area (Å²) in [6.45, 7) is 9.75. The third kappa shape index (κ3) is 6.21. The molecule has 2 saturated heterocycles. The van der Waals surface area contributed by atoms with Crippen LogP contribution in [0.25, 0.3) is 0 Å². The van der Waals surface area contributed by atoms with Crippen molar-refractivity contribution in [1.82, 2.24) is 14.7 Å². The molecule has 0 aromatic heterocycles. The number of benzene rings is 1. The molecule has 0 radical (unpaired) electrons. The molecule has 2 heterocycles. The molecule has 0 aliphatic carbocycles. The van der Waals surface area contributed by atoms with Crippen LogP contribution in [0.2, 0.25) is 0 Å². The van der Waals surface area contributed by atoms with Crippen molar-refractivity contribution in [3.05, 3.63) is 30.3 Å². The fourth-order valence-corrected chi connectivity index (χ4v) is 4.17. The van der Waals surface area contributed by atoms with E-state index in [-0.39, 0.29) is 23.6 Å². The van der Waals surface area contributed by atoms with Gasteiger partial charge in [-0.2, -0.15) is 0 Å². The fourth-order valence-electron chi connectivity index (χ4n) is 4.17. The predicted molar refractivity (Wildman–Crippen MR) is 118 cm³/mol. The topological polar surface area (TPSA) is 70.2 Å². The lowest BCUT2D eigenvalue weighted by Crippen LogP contribution is -2.54. The van der Waals surface area contributed by atoms with Crippen molar-refractivity contribution >= 4 is 17.7 Å². The Morgan fingerprint density at radius 2 is 1.45 bits per heavy atom. The molecule has 0 unspecified atom stereocenters. The molecule has 2 aliphatic heterocycles. The van der Waals surface area contributed by atoms with Crippen LogP contribution in [0, 0.1) is 11.3 Å². The Balaban J connectivity index is 1.38. The zero-order valence-corrected chi connectivity index (χ0v) is 19.0. The average molecular weight is 430 g/mol. The first-order valence-corrected chi connectivity index (χ1v) is 11.3. The van der Waals surface area contributed by atoms with Crippen molar-refractivity contribution in [2.75, 3.05) is 45.9 Å². The summed E-state index contributed by atoms with van der Waals surface area (Å²) in [7, 11) is 0. The van der Waals surface area contributed by atoms with Crippen LogP contribution in [-0.4, -0.2) is 78.3 Å². The van der Waals surface area contributed by atoms with E-state index in [4.69, 9.17) is 4.74 Å². The number of likely N-dealkylation sites (tertiary alicyclic amines) is 1. The molecule has 3 rings (SSSR count). The van der Waals surface area contributed by atoms with Crippen LogP contribution in [0.1, 0.15) is 40.0 Å². The van der Waals surface area contributed by atoms with Crippen LogP contribution in [0.5, 0.6) is 5.75 Å². The number of rotatable bonds is 5. The van der Waals surface area contributed by atoms with E-state index in [1.165, 1.54) is 0 Å². The van der Waals surface area contributed by atoms with Gasteiger partial charge in [0, 0.05) is 50.6 Å². The highest BCUT2D eigenvalue weighted by molar-refractivity contribution is 5.83. The van der Waals surface area contributed by atoms with Crippen molar-refractivity contribution in [2.45, 2.75) is 40.0 Å². The zero-order chi connectivity index (χ0) is 22.4. The summed E-state index contributed by atoms with van der Waals surface area (Å²) in [6.07, 6.45) is 1.74. The minimum absolute atomic E-state index is 0.0329. The number of piperidine rings is 1. The monoisotopic (exact) mass is 429 g/mol. The SMILES string of the molecule is CC(C)(C)C(=O)N1CCN(C(=O)C2CCN(C(=O)CCOc3ccccc3)CC2)CC1. The quantitative estimate of drug-likeness (QED) is 0.721. The Bertz CT molecular complexity index is 759. The van der Waals surface area contributed by atoms with E-state index in [1.807, 2.05) is 65.8 Å². The summed E-state index contributed by atoms with van der Waals surface area (Å²) in [6, 6.07) is 9.48. The van der Waals surface area contributed by atoms with Crippen LogP contribution < -0.4 is 4.74 Å². The number of nitrogens with zero attached hydrogens (tertiary/aromatic N) is 3. The summed E-state index contributed by atoms with van der Waals surface area (Å²) in [5, 5.41) is 0. The summed E-state index contributed by atoms with van der Waals surface area (Å²) in [4.78, 5) is 43.4. The van der Waals surface area contributed by atoms with Crippen LogP contribution >= 0.6 is 0 Å². The Morgan fingerprint density at radius 1 is 0.871 bits per heavy atom. The van der Waals surface area contributed by atoms with E-state index in [0.717, 1.165) is 5.75 Å². The van der Waals surface area contributed by atoms with Gasteiger partial charge in [0.2, 0.25) is 17.7 Å². The molecule has 1 aromatic rings. The van der Waals surface area contributed by atoms with Gasteiger partial charge in [-0.3, -0.25) is 14.4 Å². The van der Waals surface area contributed by atoms with E-state index < -0.39 is 5.41 Å². The maximum atomic E-state index is 12.9. The second kappa shape index (κ2) is 10.2. The number of carbonyl (C=O) groups excluding carboxylic acids is 3. The molecule has 0 saturated carbocycles. The van der Waals surface area contributed by atoms with Gasteiger partial charge in [0.25, 0.3) is 0 Å². The van der Waals surface area contributed by atoms with Crippen molar-refractivity contribution in [3.63, 3.8) is 0 Å². The molecule has 1 aromatic carbocycles. The summed E-state index contributed by atoms with van der Waals surface area (Å²) < 4.78 is 5.62. The molecule has 7 nitrogen and oxygen atoms in total. The Kier molecular flexibility index (Phi) is 7.57. The van der Waals surface area contributed by atoms with Gasteiger partial charge in [0.05, 0.1) is 13.0 Å². The summed E-state index contributed by atoms with van der Waals surface area (Å²) in [5.74, 6) is 1.12. The number of hydrogen-bond acceptors (Lipinski definition) is 4. The Hall–Kier alpha value is -2.57. The van der Waals surface area contributed by atoms with E-state index >= 15 is 0 Å². The summed E-state index contributed by atoms with van der Waals surface area (Å²) >= 11 is 0. The fraction of sp³-hybridized carbons (Fsp3) is 0.625. The first-order valence-electron chi connectivity index (χ1n) is 11.3. The van der Waals surface area contributed by atoms with E-state index in [9.17, 15) is 14.4 Å². The lowest BCUT2D eigenvalue weighted by Gasteiger charge is -2.40. The second-order valence-electron chi connectivity index (χ2n) is 9.43. The molecule has 3 amide bonds. The standard InChI is InChI=1S/C24H35N3O4/c1-24(2,3)23(30)27-16-14-26(15-17-27)22(29)19-9-12-25(13-10-19)21(28)11-18-31-20-7-5-4-6-8-20/h4-8,19H,9-18H2,1-3H3. The van der Waals surface area contributed by atoms with E-state index in [0.29, 0.717) is 65.1 Å². The number of amides is 3. The number of hydrogen-bond donors (Lipinski definition) is 0. The highest BCUT2D eigenvalue weighted by Gasteiger charge is 2.34. The summed E-state index contributed by atoms with van der Waals surface area (Å²) in [5.41, 5.74) is -0.391. The van der Waals surface area contributed by atoms with Gasteiger partial charge in [-0.05, 0) is 25.0 Å². The van der Waals surface area contributed by atoms with Gasteiger partial charge >= 0.3 is 0 Å². The second-order valence-corrected chi connectivity index (χ2v) is 9.43. The molecular weight excluding hydrogens is 394 g/mol. The van der Waals surface area contributed by atoms with Crippen LogP contribution in [0.3, 0.4) is 0 Å². The van der Waals surface area contributed by atoms with Gasteiger partial charge in [-0.15, -0.1) is 0 Å². The molecule has 7 heteroatoms. The average Bonchev–Trinajstić information content (AvgIpc) is 2.78. The molecule has 2 fully saturated rings.